The number of carbonyl (C=O) groups is 1. The van der Waals surface area contributed by atoms with Gasteiger partial charge in [-0.1, -0.05) is 28.1 Å². The highest BCUT2D eigenvalue weighted by Gasteiger charge is 2.57. The van der Waals surface area contributed by atoms with Crippen molar-refractivity contribution in [1.29, 1.82) is 0 Å². The van der Waals surface area contributed by atoms with E-state index in [0.29, 0.717) is 6.42 Å². The number of halogens is 1. The minimum Gasteiger partial charge on any atom is -0.462 e. The number of ether oxygens (including phenoxy) is 1. The lowest BCUT2D eigenvalue weighted by Gasteiger charge is -2.60. The van der Waals surface area contributed by atoms with Crippen LogP contribution in [-0.2, 0) is 19.3 Å². The highest BCUT2D eigenvalue weighted by Crippen LogP contribution is 2.65. The van der Waals surface area contributed by atoms with Crippen molar-refractivity contribution in [3.63, 3.8) is 0 Å². The molecule has 5 rings (SSSR count). The molecule has 4 bridgehead atoms. The molecule has 128 valence electrons. The predicted octanol–water partition coefficient (Wildman–Crippen LogP) is 3.93. The standard InChI is InChI=1S/C18H25BrO4/c1-12-2-3-15(23-22-12)10-21-16(20)9-17-5-13-4-14(6-17)8-18(19,7-13)11-17/h2-3,12-15H,4-11H2,1H3/t12-,13?,14?,15-,17?,18?/m1/s1. The SMILES string of the molecule is C[C@@H]1C=C[C@H](COC(=O)CC23CC4CC(CC(Br)(C4)C2)C3)OO1. The first kappa shape index (κ1) is 16.1. The van der Waals surface area contributed by atoms with Crippen molar-refractivity contribution in [1.82, 2.24) is 0 Å². The summed E-state index contributed by atoms with van der Waals surface area (Å²) in [7, 11) is 0. The van der Waals surface area contributed by atoms with E-state index in [1.165, 1.54) is 32.1 Å². The van der Waals surface area contributed by atoms with Crippen LogP contribution in [0.4, 0.5) is 0 Å². The molecule has 1 heterocycles. The van der Waals surface area contributed by atoms with Gasteiger partial charge in [-0.15, -0.1) is 0 Å². The van der Waals surface area contributed by atoms with Crippen LogP contribution in [0.25, 0.3) is 0 Å². The molecule has 23 heavy (non-hydrogen) atoms. The molecule has 4 aliphatic carbocycles. The Morgan fingerprint density at radius 3 is 2.57 bits per heavy atom. The van der Waals surface area contributed by atoms with Crippen molar-refractivity contribution in [3.05, 3.63) is 12.2 Å². The Hall–Kier alpha value is -0.390. The van der Waals surface area contributed by atoms with Gasteiger partial charge in [-0.05, 0) is 62.7 Å². The minimum absolute atomic E-state index is 0.0379. The number of esters is 1. The Balaban J connectivity index is 1.33. The van der Waals surface area contributed by atoms with E-state index in [-0.39, 0.29) is 34.5 Å². The molecule has 4 saturated carbocycles. The van der Waals surface area contributed by atoms with Crippen molar-refractivity contribution >= 4 is 21.9 Å². The number of hydrogen-bond donors (Lipinski definition) is 0. The maximum absolute atomic E-state index is 12.4. The highest BCUT2D eigenvalue weighted by molar-refractivity contribution is 9.10. The third-order valence-electron chi connectivity index (χ3n) is 5.97. The molecule has 0 saturated heterocycles. The zero-order valence-electron chi connectivity index (χ0n) is 13.6. The molecule has 0 spiro atoms. The van der Waals surface area contributed by atoms with Crippen LogP contribution in [0.3, 0.4) is 0 Å². The summed E-state index contributed by atoms with van der Waals surface area (Å²) in [6, 6.07) is 0. The minimum atomic E-state index is -0.283. The van der Waals surface area contributed by atoms with Gasteiger partial charge in [0.1, 0.15) is 18.8 Å². The molecule has 4 fully saturated rings. The second-order valence-corrected chi connectivity index (χ2v) is 9.97. The zero-order chi connectivity index (χ0) is 16.1. The first-order valence-corrected chi connectivity index (χ1v) is 9.58. The van der Waals surface area contributed by atoms with E-state index in [1.54, 1.807) is 0 Å². The molecule has 0 aromatic carbocycles. The van der Waals surface area contributed by atoms with Crippen LogP contribution in [0.15, 0.2) is 12.2 Å². The van der Waals surface area contributed by atoms with E-state index >= 15 is 0 Å². The fourth-order valence-corrected chi connectivity index (χ4v) is 7.17. The van der Waals surface area contributed by atoms with E-state index in [1.807, 2.05) is 19.1 Å². The molecule has 1 aliphatic heterocycles. The lowest BCUT2D eigenvalue weighted by atomic mass is 9.49. The van der Waals surface area contributed by atoms with Crippen LogP contribution in [-0.4, -0.2) is 29.1 Å². The molecule has 0 aromatic heterocycles. The first-order valence-electron chi connectivity index (χ1n) is 8.79. The van der Waals surface area contributed by atoms with E-state index in [0.717, 1.165) is 18.3 Å². The molecular formula is C18H25BrO4. The summed E-state index contributed by atoms with van der Waals surface area (Å²) in [5.41, 5.74) is 0.166. The molecule has 0 N–H and O–H groups in total. The average molecular weight is 385 g/mol. The summed E-state index contributed by atoms with van der Waals surface area (Å²) in [5, 5.41) is 0. The third kappa shape index (κ3) is 3.38. The molecule has 0 amide bonds. The second kappa shape index (κ2) is 5.85. The van der Waals surface area contributed by atoms with Gasteiger partial charge in [0.25, 0.3) is 0 Å². The Labute approximate surface area is 146 Å². The van der Waals surface area contributed by atoms with Crippen molar-refractivity contribution < 1.29 is 19.3 Å². The molecule has 5 heteroatoms. The molecule has 5 aliphatic rings. The normalized spacial score (nSPS) is 47.7. The lowest BCUT2D eigenvalue weighted by molar-refractivity contribution is -0.340. The fourth-order valence-electron chi connectivity index (χ4n) is 5.66. The fraction of sp³-hybridized carbons (Fsp3) is 0.833. The smallest absolute Gasteiger partial charge is 0.306 e. The Morgan fingerprint density at radius 1 is 1.22 bits per heavy atom. The van der Waals surface area contributed by atoms with E-state index in [9.17, 15) is 4.79 Å². The van der Waals surface area contributed by atoms with Gasteiger partial charge in [0, 0.05) is 4.32 Å². The van der Waals surface area contributed by atoms with Crippen LogP contribution >= 0.6 is 15.9 Å². The number of rotatable bonds is 4. The first-order chi connectivity index (χ1) is 10.9. The van der Waals surface area contributed by atoms with Gasteiger partial charge < -0.3 is 4.74 Å². The van der Waals surface area contributed by atoms with E-state index < -0.39 is 0 Å². The summed E-state index contributed by atoms with van der Waals surface area (Å²) < 4.78 is 5.77. The monoisotopic (exact) mass is 384 g/mol. The number of carbonyl (C=O) groups excluding carboxylic acids is 1. The molecule has 4 atom stereocenters. The predicted molar refractivity (Wildman–Crippen MR) is 88.9 cm³/mol. The van der Waals surface area contributed by atoms with Gasteiger partial charge >= 0.3 is 5.97 Å². The van der Waals surface area contributed by atoms with Crippen molar-refractivity contribution in [3.8, 4) is 0 Å². The molecular weight excluding hydrogens is 360 g/mol. The Bertz CT molecular complexity index is 503. The largest absolute Gasteiger partial charge is 0.462 e. The topological polar surface area (TPSA) is 44.8 Å². The summed E-state index contributed by atoms with van der Waals surface area (Å²) in [6.07, 6.45) is 11.5. The lowest BCUT2D eigenvalue weighted by Crippen LogP contribution is -2.53. The third-order valence-corrected chi connectivity index (χ3v) is 6.89. The van der Waals surface area contributed by atoms with Gasteiger partial charge in [0.2, 0.25) is 0 Å². The van der Waals surface area contributed by atoms with Gasteiger partial charge in [-0.25, -0.2) is 9.78 Å². The van der Waals surface area contributed by atoms with Crippen LogP contribution < -0.4 is 0 Å². The number of alkyl halides is 1. The molecule has 0 aromatic rings. The van der Waals surface area contributed by atoms with Crippen molar-refractivity contribution in [2.75, 3.05) is 6.61 Å². The van der Waals surface area contributed by atoms with E-state index in [4.69, 9.17) is 14.5 Å². The number of hydrogen-bond acceptors (Lipinski definition) is 4. The van der Waals surface area contributed by atoms with Gasteiger partial charge in [-0.2, -0.15) is 0 Å². The maximum atomic E-state index is 12.4. The molecule has 0 radical (unpaired) electrons. The van der Waals surface area contributed by atoms with Gasteiger partial charge in [-0.3, -0.25) is 4.79 Å². The van der Waals surface area contributed by atoms with Gasteiger partial charge in [0.05, 0.1) is 6.42 Å². The van der Waals surface area contributed by atoms with Gasteiger partial charge in [0.15, 0.2) is 0 Å². The quantitative estimate of drug-likeness (QED) is 0.318. The highest BCUT2D eigenvalue weighted by atomic mass is 79.9. The van der Waals surface area contributed by atoms with Crippen molar-refractivity contribution in [2.24, 2.45) is 17.3 Å². The van der Waals surface area contributed by atoms with E-state index in [2.05, 4.69) is 15.9 Å². The second-order valence-electron chi connectivity index (χ2n) is 8.29. The average Bonchev–Trinajstić information content (AvgIpc) is 2.43. The summed E-state index contributed by atoms with van der Waals surface area (Å²) in [5.74, 6) is 1.50. The molecule has 2 unspecified atom stereocenters. The Kier molecular flexibility index (Phi) is 4.10. The zero-order valence-corrected chi connectivity index (χ0v) is 15.2. The summed E-state index contributed by atoms with van der Waals surface area (Å²) in [6.45, 7) is 2.15. The van der Waals surface area contributed by atoms with Crippen LogP contribution in [0.2, 0.25) is 0 Å². The van der Waals surface area contributed by atoms with Crippen molar-refractivity contribution in [2.45, 2.75) is 68.4 Å². The molecule has 4 nitrogen and oxygen atoms in total. The summed E-state index contributed by atoms with van der Waals surface area (Å²) >= 11 is 3.99. The van der Waals surface area contributed by atoms with Crippen LogP contribution in [0.5, 0.6) is 0 Å². The maximum Gasteiger partial charge on any atom is 0.306 e. The summed E-state index contributed by atoms with van der Waals surface area (Å²) in [4.78, 5) is 22.6. The van der Waals surface area contributed by atoms with Crippen LogP contribution in [0, 0.1) is 17.3 Å². The Morgan fingerprint density at radius 2 is 1.96 bits per heavy atom. The van der Waals surface area contributed by atoms with Crippen LogP contribution in [0.1, 0.15) is 51.9 Å².